The van der Waals surface area contributed by atoms with Gasteiger partial charge in [0.15, 0.2) is 11.6 Å². The van der Waals surface area contributed by atoms with E-state index >= 15 is 0 Å². The number of aromatic nitrogens is 2. The molecule has 0 spiro atoms. The van der Waals surface area contributed by atoms with Crippen LogP contribution in [0.1, 0.15) is 42.9 Å². The van der Waals surface area contributed by atoms with Gasteiger partial charge in [-0.25, -0.2) is 4.98 Å². The Morgan fingerprint density at radius 3 is 2.62 bits per heavy atom. The Morgan fingerprint density at radius 2 is 2.06 bits per heavy atom. The van der Waals surface area contributed by atoms with Gasteiger partial charge in [-0.15, -0.1) is 0 Å². The number of nitrogens with zero attached hydrogens (tertiary/aromatic N) is 2. The molecule has 0 radical (unpaired) electrons. The highest BCUT2D eigenvalue weighted by molar-refractivity contribution is 5.94. The molecule has 0 amide bonds. The molecular weight excluding hydrogens is 200 g/mol. The smallest absolute Gasteiger partial charge is 0.195 e. The Hall–Kier alpha value is -1.64. The summed E-state index contributed by atoms with van der Waals surface area (Å²) in [7, 11) is 1.88. The zero-order valence-electron chi connectivity index (χ0n) is 10.1. The largest absolute Gasteiger partial charge is 0.325 e. The summed E-state index contributed by atoms with van der Waals surface area (Å²) < 4.78 is 1.85. The summed E-state index contributed by atoms with van der Waals surface area (Å²) in [6.45, 7) is 5.84. The van der Waals surface area contributed by atoms with E-state index in [0.717, 1.165) is 11.0 Å². The minimum Gasteiger partial charge on any atom is -0.325 e. The summed E-state index contributed by atoms with van der Waals surface area (Å²) in [4.78, 5) is 15.7. The molecule has 1 aromatic carbocycles. The molecule has 0 aliphatic carbocycles. The lowest BCUT2D eigenvalue weighted by Crippen LogP contribution is -2.02. The highest BCUT2D eigenvalue weighted by atomic mass is 16.1. The van der Waals surface area contributed by atoms with E-state index in [2.05, 4.69) is 31.0 Å². The molecule has 84 valence electrons. The number of Topliss-reactive ketones (excluding diaryl/α,β-unsaturated/α-hetero) is 1. The van der Waals surface area contributed by atoms with Gasteiger partial charge in [-0.05, 0) is 23.6 Å². The lowest BCUT2D eigenvalue weighted by Gasteiger charge is -2.04. The van der Waals surface area contributed by atoms with E-state index in [-0.39, 0.29) is 5.78 Å². The molecule has 0 saturated carbocycles. The second kappa shape index (κ2) is 3.74. The molecule has 0 unspecified atom stereocenters. The van der Waals surface area contributed by atoms with Crippen LogP contribution in [0.2, 0.25) is 0 Å². The number of hydrogen-bond donors (Lipinski definition) is 0. The predicted octanol–water partition coefficient (Wildman–Crippen LogP) is 2.90. The number of aryl methyl sites for hydroxylation is 1. The van der Waals surface area contributed by atoms with Crippen LogP contribution in [-0.2, 0) is 7.05 Å². The summed E-state index contributed by atoms with van der Waals surface area (Å²) in [5.41, 5.74) is 3.16. The van der Waals surface area contributed by atoms with Crippen molar-refractivity contribution in [1.29, 1.82) is 0 Å². The molecule has 2 rings (SSSR count). The summed E-state index contributed by atoms with van der Waals surface area (Å²) in [6.07, 6.45) is 0. The Bertz CT molecular complexity index is 552. The molecule has 0 saturated heterocycles. The van der Waals surface area contributed by atoms with Gasteiger partial charge in [-0.2, -0.15) is 0 Å². The topological polar surface area (TPSA) is 34.9 Å². The molecule has 16 heavy (non-hydrogen) atoms. The number of benzene rings is 1. The molecule has 0 atom stereocenters. The number of ketones is 1. The summed E-state index contributed by atoms with van der Waals surface area (Å²) >= 11 is 0. The van der Waals surface area contributed by atoms with E-state index in [1.807, 2.05) is 17.7 Å². The van der Waals surface area contributed by atoms with Crippen molar-refractivity contribution in [3.05, 3.63) is 29.6 Å². The van der Waals surface area contributed by atoms with Crippen molar-refractivity contribution in [2.45, 2.75) is 26.7 Å². The van der Waals surface area contributed by atoms with Gasteiger partial charge in [0.2, 0.25) is 0 Å². The van der Waals surface area contributed by atoms with Crippen molar-refractivity contribution in [1.82, 2.24) is 9.55 Å². The molecular formula is C13H16N2O. The van der Waals surface area contributed by atoms with Crippen LogP contribution in [-0.4, -0.2) is 15.3 Å². The summed E-state index contributed by atoms with van der Waals surface area (Å²) in [6, 6.07) is 6.19. The van der Waals surface area contributed by atoms with Gasteiger partial charge in [-0.3, -0.25) is 4.79 Å². The van der Waals surface area contributed by atoms with E-state index in [0.29, 0.717) is 11.7 Å². The number of imidazole rings is 1. The molecule has 3 nitrogen and oxygen atoms in total. The summed E-state index contributed by atoms with van der Waals surface area (Å²) in [5, 5.41) is 0. The maximum absolute atomic E-state index is 11.4. The van der Waals surface area contributed by atoms with Crippen molar-refractivity contribution in [3.63, 3.8) is 0 Å². The molecule has 1 heterocycles. The number of fused-ring (bicyclic) bond motifs is 1. The average Bonchev–Trinajstić information content (AvgIpc) is 2.55. The van der Waals surface area contributed by atoms with Crippen molar-refractivity contribution >= 4 is 16.8 Å². The zero-order chi connectivity index (χ0) is 11.9. The standard InChI is InChI=1S/C13H16N2O/c1-8(2)10-5-6-12-11(7-10)14-13(9(3)16)15(12)4/h5-8H,1-4H3. The normalized spacial score (nSPS) is 11.3. The first-order chi connectivity index (χ1) is 7.50. The van der Waals surface area contributed by atoms with Gasteiger partial charge in [-0.1, -0.05) is 19.9 Å². The van der Waals surface area contributed by atoms with E-state index in [1.54, 1.807) is 6.92 Å². The van der Waals surface area contributed by atoms with Crippen LogP contribution in [0.15, 0.2) is 18.2 Å². The lowest BCUT2D eigenvalue weighted by molar-refractivity contribution is 0.100. The van der Waals surface area contributed by atoms with E-state index < -0.39 is 0 Å². The minimum atomic E-state index is 0.00444. The number of hydrogen-bond acceptors (Lipinski definition) is 2. The van der Waals surface area contributed by atoms with E-state index in [4.69, 9.17) is 0 Å². The third-order valence-corrected chi connectivity index (χ3v) is 2.89. The molecule has 0 N–H and O–H groups in total. The predicted molar refractivity (Wildman–Crippen MR) is 64.8 cm³/mol. The highest BCUT2D eigenvalue weighted by Gasteiger charge is 2.12. The molecule has 0 aliphatic rings. The van der Waals surface area contributed by atoms with Crippen LogP contribution in [0.3, 0.4) is 0 Å². The van der Waals surface area contributed by atoms with Crippen LogP contribution in [0.5, 0.6) is 0 Å². The average molecular weight is 216 g/mol. The van der Waals surface area contributed by atoms with Gasteiger partial charge < -0.3 is 4.57 Å². The third-order valence-electron chi connectivity index (χ3n) is 2.89. The summed E-state index contributed by atoms with van der Waals surface area (Å²) in [5.74, 6) is 1.01. The second-order valence-corrected chi connectivity index (χ2v) is 4.45. The number of carbonyl (C=O) groups excluding carboxylic acids is 1. The first-order valence-electron chi connectivity index (χ1n) is 5.48. The minimum absolute atomic E-state index is 0.00444. The molecule has 1 aromatic heterocycles. The van der Waals surface area contributed by atoms with Crippen LogP contribution < -0.4 is 0 Å². The van der Waals surface area contributed by atoms with E-state index in [1.165, 1.54) is 5.56 Å². The zero-order valence-corrected chi connectivity index (χ0v) is 10.1. The SMILES string of the molecule is CC(=O)c1nc2cc(C(C)C)ccc2n1C. The van der Waals surface area contributed by atoms with Gasteiger partial charge >= 0.3 is 0 Å². The fourth-order valence-electron chi connectivity index (χ4n) is 1.89. The first kappa shape index (κ1) is 10.9. The second-order valence-electron chi connectivity index (χ2n) is 4.45. The van der Waals surface area contributed by atoms with Gasteiger partial charge in [0.1, 0.15) is 0 Å². The number of rotatable bonds is 2. The van der Waals surface area contributed by atoms with Crippen LogP contribution in [0, 0.1) is 0 Å². The Balaban J connectivity index is 2.67. The van der Waals surface area contributed by atoms with Crippen molar-refractivity contribution in [2.75, 3.05) is 0 Å². The molecule has 0 aliphatic heterocycles. The Kier molecular flexibility index (Phi) is 2.54. The van der Waals surface area contributed by atoms with Crippen LogP contribution in [0.25, 0.3) is 11.0 Å². The maximum Gasteiger partial charge on any atom is 0.195 e. The van der Waals surface area contributed by atoms with Crippen molar-refractivity contribution in [3.8, 4) is 0 Å². The molecule has 2 aromatic rings. The Morgan fingerprint density at radius 1 is 1.38 bits per heavy atom. The monoisotopic (exact) mass is 216 g/mol. The quantitative estimate of drug-likeness (QED) is 0.723. The molecule has 0 fully saturated rings. The van der Waals surface area contributed by atoms with Gasteiger partial charge in [0, 0.05) is 14.0 Å². The van der Waals surface area contributed by atoms with E-state index in [9.17, 15) is 4.79 Å². The van der Waals surface area contributed by atoms with Crippen molar-refractivity contribution < 1.29 is 4.79 Å². The fraction of sp³-hybridized carbons (Fsp3) is 0.385. The van der Waals surface area contributed by atoms with Gasteiger partial charge in [0.25, 0.3) is 0 Å². The van der Waals surface area contributed by atoms with Crippen molar-refractivity contribution in [2.24, 2.45) is 7.05 Å². The Labute approximate surface area is 95.1 Å². The third kappa shape index (κ3) is 1.62. The maximum atomic E-state index is 11.4. The highest BCUT2D eigenvalue weighted by Crippen LogP contribution is 2.21. The molecule has 0 bridgehead atoms. The van der Waals surface area contributed by atoms with Crippen LogP contribution >= 0.6 is 0 Å². The fourth-order valence-corrected chi connectivity index (χ4v) is 1.89. The van der Waals surface area contributed by atoms with Gasteiger partial charge in [0.05, 0.1) is 11.0 Å². The van der Waals surface area contributed by atoms with Crippen LogP contribution in [0.4, 0.5) is 0 Å². The lowest BCUT2D eigenvalue weighted by atomic mass is 10.0. The first-order valence-corrected chi connectivity index (χ1v) is 5.48. The number of carbonyl (C=O) groups is 1. The molecule has 3 heteroatoms.